The van der Waals surface area contributed by atoms with Gasteiger partial charge in [0.05, 0.1) is 4.90 Å². The molecule has 0 radical (unpaired) electrons. The minimum atomic E-state index is -3.53. The number of anilines is 1. The van der Waals surface area contributed by atoms with Gasteiger partial charge in [0.2, 0.25) is 10.0 Å². The van der Waals surface area contributed by atoms with Gasteiger partial charge in [0.1, 0.15) is 0 Å². The maximum atomic E-state index is 12.0. The Labute approximate surface area is 102 Å². The van der Waals surface area contributed by atoms with E-state index in [0.29, 0.717) is 17.7 Å². The molecule has 1 aromatic carbocycles. The first-order valence-electron chi connectivity index (χ1n) is 5.18. The molecule has 92 valence electrons. The van der Waals surface area contributed by atoms with E-state index in [9.17, 15) is 8.42 Å². The van der Waals surface area contributed by atoms with Crippen LogP contribution in [0.3, 0.4) is 0 Å². The predicted octanol–water partition coefficient (Wildman–Crippen LogP) is 1.27. The third-order valence-electron chi connectivity index (χ3n) is 2.27. The van der Waals surface area contributed by atoms with Crippen LogP contribution in [0.1, 0.15) is 18.9 Å². The van der Waals surface area contributed by atoms with Crippen molar-refractivity contribution in [3.63, 3.8) is 0 Å². The summed E-state index contributed by atoms with van der Waals surface area (Å²) in [4.78, 5) is 0.232. The van der Waals surface area contributed by atoms with Crippen LogP contribution in [0.5, 0.6) is 0 Å². The van der Waals surface area contributed by atoms with Crippen molar-refractivity contribution in [1.82, 2.24) is 4.72 Å². The molecule has 4 nitrogen and oxygen atoms in total. The topological polar surface area (TPSA) is 72.2 Å². The van der Waals surface area contributed by atoms with Crippen molar-refractivity contribution >= 4 is 15.7 Å². The van der Waals surface area contributed by atoms with Gasteiger partial charge in [-0.1, -0.05) is 0 Å². The second-order valence-corrected chi connectivity index (χ2v) is 5.64. The maximum Gasteiger partial charge on any atom is 0.241 e. The van der Waals surface area contributed by atoms with Crippen LogP contribution in [0.2, 0.25) is 0 Å². The molecule has 3 N–H and O–H groups in total. The van der Waals surface area contributed by atoms with Crippen molar-refractivity contribution in [3.8, 4) is 12.3 Å². The van der Waals surface area contributed by atoms with Gasteiger partial charge in [0.15, 0.2) is 0 Å². The molecule has 0 spiro atoms. The van der Waals surface area contributed by atoms with Crippen molar-refractivity contribution in [3.05, 3.63) is 23.8 Å². The van der Waals surface area contributed by atoms with E-state index in [1.165, 1.54) is 6.07 Å². The largest absolute Gasteiger partial charge is 0.399 e. The van der Waals surface area contributed by atoms with E-state index in [4.69, 9.17) is 12.2 Å². The molecule has 0 aliphatic rings. The minimum Gasteiger partial charge on any atom is -0.399 e. The average Bonchev–Trinajstić information content (AvgIpc) is 2.15. The summed E-state index contributed by atoms with van der Waals surface area (Å²) in [6.07, 6.45) is 5.49. The fraction of sp³-hybridized carbons (Fsp3) is 0.333. The predicted molar refractivity (Wildman–Crippen MR) is 68.8 cm³/mol. The number of sulfonamides is 1. The maximum absolute atomic E-state index is 12.0. The molecule has 1 aromatic rings. The zero-order valence-electron chi connectivity index (χ0n) is 9.90. The molecular formula is C12H16N2O2S. The first-order valence-corrected chi connectivity index (χ1v) is 6.67. The van der Waals surface area contributed by atoms with Crippen LogP contribution >= 0.6 is 0 Å². The van der Waals surface area contributed by atoms with Gasteiger partial charge in [0.25, 0.3) is 0 Å². The summed E-state index contributed by atoms with van der Waals surface area (Å²) in [7, 11) is -3.53. The van der Waals surface area contributed by atoms with E-state index in [0.717, 1.165) is 0 Å². The molecule has 0 heterocycles. The van der Waals surface area contributed by atoms with Crippen LogP contribution in [-0.2, 0) is 10.0 Å². The Balaban J connectivity index is 3.02. The number of hydrogen-bond acceptors (Lipinski definition) is 3. The molecule has 0 aliphatic heterocycles. The zero-order valence-corrected chi connectivity index (χ0v) is 10.7. The van der Waals surface area contributed by atoms with E-state index in [-0.39, 0.29) is 10.9 Å². The van der Waals surface area contributed by atoms with Crippen LogP contribution in [0.4, 0.5) is 5.69 Å². The molecule has 0 amide bonds. The molecular weight excluding hydrogens is 236 g/mol. The molecule has 5 heteroatoms. The van der Waals surface area contributed by atoms with E-state index < -0.39 is 10.0 Å². The van der Waals surface area contributed by atoms with Crippen molar-refractivity contribution < 1.29 is 8.42 Å². The number of nitrogen functional groups attached to an aromatic ring is 1. The normalized spacial score (nSPS) is 13.0. The van der Waals surface area contributed by atoms with Crippen LogP contribution in [-0.4, -0.2) is 14.5 Å². The first kappa shape index (κ1) is 13.6. The number of aryl methyl sites for hydroxylation is 1. The van der Waals surface area contributed by atoms with Crippen LogP contribution in [0.25, 0.3) is 0 Å². The van der Waals surface area contributed by atoms with Gasteiger partial charge >= 0.3 is 0 Å². The smallest absolute Gasteiger partial charge is 0.241 e. The summed E-state index contributed by atoms with van der Waals surface area (Å²) in [5.74, 6) is 2.42. The third kappa shape index (κ3) is 3.48. The minimum absolute atomic E-state index is 0.232. The molecule has 1 unspecified atom stereocenters. The number of nitrogens with two attached hydrogens (primary N) is 1. The van der Waals surface area contributed by atoms with Crippen molar-refractivity contribution in [2.24, 2.45) is 0 Å². The van der Waals surface area contributed by atoms with Gasteiger partial charge in [-0.25, -0.2) is 13.1 Å². The van der Waals surface area contributed by atoms with Gasteiger partial charge in [-0.3, -0.25) is 0 Å². The van der Waals surface area contributed by atoms with Gasteiger partial charge in [-0.05, 0) is 37.6 Å². The van der Waals surface area contributed by atoms with Gasteiger partial charge < -0.3 is 5.73 Å². The monoisotopic (exact) mass is 252 g/mol. The second-order valence-electron chi connectivity index (χ2n) is 3.96. The summed E-state index contributed by atoms with van der Waals surface area (Å²) < 4.78 is 26.6. The molecule has 0 aromatic heterocycles. The molecule has 17 heavy (non-hydrogen) atoms. The quantitative estimate of drug-likeness (QED) is 0.626. The summed E-state index contributed by atoms with van der Waals surface area (Å²) in [5.41, 5.74) is 6.73. The molecule has 0 aliphatic carbocycles. The first-order chi connectivity index (χ1) is 7.86. The number of hydrogen-bond donors (Lipinski definition) is 2. The standard InChI is InChI=1S/C12H16N2O2S/c1-4-5-10(3)14-17(15,16)12-7-6-11(13)8-9(12)2/h1,6-8,10,14H,5,13H2,2-3H3. The molecule has 1 rings (SSSR count). The van der Waals surface area contributed by atoms with Crippen molar-refractivity contribution in [1.29, 1.82) is 0 Å². The fourth-order valence-electron chi connectivity index (χ4n) is 1.52. The van der Waals surface area contributed by atoms with Crippen LogP contribution in [0, 0.1) is 19.3 Å². The lowest BCUT2D eigenvalue weighted by Gasteiger charge is -2.13. The highest BCUT2D eigenvalue weighted by atomic mass is 32.2. The second kappa shape index (κ2) is 5.21. The third-order valence-corrected chi connectivity index (χ3v) is 4.02. The summed E-state index contributed by atoms with van der Waals surface area (Å²) in [6.45, 7) is 3.43. The molecule has 0 saturated heterocycles. The molecule has 1 atom stereocenters. The SMILES string of the molecule is C#CCC(C)NS(=O)(=O)c1ccc(N)cc1C. The summed E-state index contributed by atoms with van der Waals surface area (Å²) >= 11 is 0. The van der Waals surface area contributed by atoms with Gasteiger partial charge in [-0.15, -0.1) is 12.3 Å². The van der Waals surface area contributed by atoms with Crippen molar-refractivity contribution in [2.75, 3.05) is 5.73 Å². The lowest BCUT2D eigenvalue weighted by Crippen LogP contribution is -2.32. The summed E-state index contributed by atoms with van der Waals surface area (Å²) in [5, 5.41) is 0. The lowest BCUT2D eigenvalue weighted by molar-refractivity contribution is 0.563. The molecule has 0 bridgehead atoms. The van der Waals surface area contributed by atoms with Gasteiger partial charge in [0, 0.05) is 18.2 Å². The Hall–Kier alpha value is -1.51. The Kier molecular flexibility index (Phi) is 4.16. The number of nitrogens with one attached hydrogen (secondary N) is 1. The lowest BCUT2D eigenvalue weighted by atomic mass is 10.2. The summed E-state index contributed by atoms with van der Waals surface area (Å²) in [6, 6.07) is 4.39. The Bertz CT molecular complexity index is 544. The van der Waals surface area contributed by atoms with Crippen LogP contribution < -0.4 is 10.5 Å². The highest BCUT2D eigenvalue weighted by Crippen LogP contribution is 2.18. The number of terminal acetylenes is 1. The van der Waals surface area contributed by atoms with Crippen molar-refractivity contribution in [2.45, 2.75) is 31.2 Å². The number of benzene rings is 1. The molecule has 0 saturated carbocycles. The van der Waals surface area contributed by atoms with E-state index in [1.807, 2.05) is 0 Å². The van der Waals surface area contributed by atoms with Crippen LogP contribution in [0.15, 0.2) is 23.1 Å². The Morgan fingerprint density at radius 1 is 1.53 bits per heavy atom. The van der Waals surface area contributed by atoms with E-state index >= 15 is 0 Å². The van der Waals surface area contributed by atoms with E-state index in [1.54, 1.807) is 26.0 Å². The molecule has 0 fully saturated rings. The average molecular weight is 252 g/mol. The highest BCUT2D eigenvalue weighted by Gasteiger charge is 2.18. The Morgan fingerprint density at radius 2 is 2.18 bits per heavy atom. The zero-order chi connectivity index (χ0) is 13.1. The Morgan fingerprint density at radius 3 is 2.71 bits per heavy atom. The van der Waals surface area contributed by atoms with Gasteiger partial charge in [-0.2, -0.15) is 0 Å². The number of rotatable bonds is 4. The highest BCUT2D eigenvalue weighted by molar-refractivity contribution is 7.89. The van der Waals surface area contributed by atoms with E-state index in [2.05, 4.69) is 10.6 Å². The fourth-order valence-corrected chi connectivity index (χ4v) is 2.99.